The molecule has 2 rings (SSSR count). The van der Waals surface area contributed by atoms with Crippen LogP contribution >= 0.6 is 15.9 Å². The summed E-state index contributed by atoms with van der Waals surface area (Å²) in [5.74, 6) is 0.934. The van der Waals surface area contributed by atoms with Crippen molar-refractivity contribution in [2.24, 2.45) is 0 Å². The molecule has 0 aliphatic heterocycles. The third kappa shape index (κ3) is 3.35. The molecule has 1 N–H and O–H groups in total. The van der Waals surface area contributed by atoms with Gasteiger partial charge in [0, 0.05) is 24.0 Å². The molecule has 1 aromatic rings. The average molecular weight is 342 g/mol. The van der Waals surface area contributed by atoms with Gasteiger partial charge in [-0.25, -0.2) is 0 Å². The van der Waals surface area contributed by atoms with Gasteiger partial charge in [0.2, 0.25) is 0 Å². The molecule has 3 nitrogen and oxygen atoms in total. The van der Waals surface area contributed by atoms with E-state index in [9.17, 15) is 0 Å². The molecule has 1 aliphatic rings. The van der Waals surface area contributed by atoms with Gasteiger partial charge in [0.05, 0.1) is 0 Å². The Hall–Kier alpha value is -0.580. The average Bonchev–Trinajstić information content (AvgIpc) is 2.39. The summed E-state index contributed by atoms with van der Waals surface area (Å²) in [4.78, 5) is 0. The van der Waals surface area contributed by atoms with Gasteiger partial charge in [-0.2, -0.15) is 0 Å². The van der Waals surface area contributed by atoms with Gasteiger partial charge in [-0.1, -0.05) is 22.9 Å². The van der Waals surface area contributed by atoms with E-state index in [2.05, 4.69) is 54.2 Å². The summed E-state index contributed by atoms with van der Waals surface area (Å²) >= 11 is 3.58. The zero-order valence-electron chi connectivity index (χ0n) is 12.7. The van der Waals surface area contributed by atoms with Gasteiger partial charge in [-0.15, -0.1) is 0 Å². The first-order chi connectivity index (χ1) is 9.56. The first-order valence-electron chi connectivity index (χ1n) is 7.26. The van der Waals surface area contributed by atoms with Crippen LogP contribution in [0.2, 0.25) is 0 Å². The Labute approximate surface area is 130 Å². The van der Waals surface area contributed by atoms with Crippen molar-refractivity contribution in [1.29, 1.82) is 0 Å². The molecule has 0 radical (unpaired) electrons. The lowest BCUT2D eigenvalue weighted by atomic mass is 9.85. The Balaban J connectivity index is 1.97. The highest BCUT2D eigenvalue weighted by molar-refractivity contribution is 9.10. The van der Waals surface area contributed by atoms with Gasteiger partial charge in [0.1, 0.15) is 18.0 Å². The molecule has 3 unspecified atom stereocenters. The number of benzene rings is 1. The molecule has 1 fully saturated rings. The van der Waals surface area contributed by atoms with Gasteiger partial charge in [-0.3, -0.25) is 0 Å². The Kier molecular flexibility index (Phi) is 5.47. The monoisotopic (exact) mass is 341 g/mol. The smallest absolute Gasteiger partial charge is 0.128 e. The van der Waals surface area contributed by atoms with E-state index in [0.717, 1.165) is 29.6 Å². The maximum absolute atomic E-state index is 6.09. The molecule has 4 heteroatoms. The molecular weight excluding hydrogens is 318 g/mol. The Morgan fingerprint density at radius 3 is 2.50 bits per heavy atom. The van der Waals surface area contributed by atoms with Crippen molar-refractivity contribution >= 4 is 15.9 Å². The highest BCUT2D eigenvalue weighted by atomic mass is 79.9. The quantitative estimate of drug-likeness (QED) is 0.857. The number of hydrogen-bond acceptors (Lipinski definition) is 3. The van der Waals surface area contributed by atoms with Gasteiger partial charge < -0.3 is 14.8 Å². The standard InChI is InChI=1S/C16H24BrNO2/c1-5-6-18-13-9-14(16(13)19-4)20-12-7-10(2)15(17)11(3)8-12/h7-8,13-14,16,18H,5-6,9H2,1-4H3. The van der Waals surface area contributed by atoms with Crippen molar-refractivity contribution in [2.45, 2.75) is 51.9 Å². The molecule has 1 aliphatic carbocycles. The fourth-order valence-electron chi connectivity index (χ4n) is 2.69. The lowest BCUT2D eigenvalue weighted by Crippen LogP contribution is -2.61. The minimum absolute atomic E-state index is 0.144. The van der Waals surface area contributed by atoms with Crippen LogP contribution in [0.15, 0.2) is 16.6 Å². The Bertz CT molecular complexity index is 441. The number of rotatable bonds is 6. The molecule has 0 amide bonds. The Morgan fingerprint density at radius 1 is 1.30 bits per heavy atom. The van der Waals surface area contributed by atoms with Crippen molar-refractivity contribution < 1.29 is 9.47 Å². The van der Waals surface area contributed by atoms with E-state index in [0.29, 0.717) is 6.04 Å². The minimum Gasteiger partial charge on any atom is -0.488 e. The van der Waals surface area contributed by atoms with Crippen molar-refractivity contribution in [1.82, 2.24) is 5.32 Å². The summed E-state index contributed by atoms with van der Waals surface area (Å²) in [5.41, 5.74) is 2.41. The van der Waals surface area contributed by atoms with Crippen molar-refractivity contribution in [3.63, 3.8) is 0 Å². The summed E-state index contributed by atoms with van der Waals surface area (Å²) in [6.07, 6.45) is 2.44. The van der Waals surface area contributed by atoms with Crippen LogP contribution in [0.5, 0.6) is 5.75 Å². The maximum Gasteiger partial charge on any atom is 0.128 e. The fourth-order valence-corrected chi connectivity index (χ4v) is 2.92. The van der Waals surface area contributed by atoms with E-state index in [-0.39, 0.29) is 12.2 Å². The van der Waals surface area contributed by atoms with Crippen LogP contribution in [-0.4, -0.2) is 31.9 Å². The van der Waals surface area contributed by atoms with Crippen molar-refractivity contribution in [3.8, 4) is 5.75 Å². The van der Waals surface area contributed by atoms with Gasteiger partial charge in [0.15, 0.2) is 0 Å². The van der Waals surface area contributed by atoms with Crippen LogP contribution < -0.4 is 10.1 Å². The first-order valence-corrected chi connectivity index (χ1v) is 8.05. The van der Waals surface area contributed by atoms with E-state index in [1.807, 2.05) is 0 Å². The van der Waals surface area contributed by atoms with Gasteiger partial charge >= 0.3 is 0 Å². The molecule has 112 valence electrons. The van der Waals surface area contributed by atoms with Crippen LogP contribution in [0.1, 0.15) is 30.9 Å². The van der Waals surface area contributed by atoms with Crippen LogP contribution in [0.25, 0.3) is 0 Å². The number of methoxy groups -OCH3 is 1. The van der Waals surface area contributed by atoms with Gasteiger partial charge in [0.25, 0.3) is 0 Å². The minimum atomic E-state index is 0.144. The predicted octanol–water partition coefficient (Wildman–Crippen LogP) is 3.60. The van der Waals surface area contributed by atoms with E-state index in [1.54, 1.807) is 7.11 Å². The second kappa shape index (κ2) is 6.92. The van der Waals surface area contributed by atoms with E-state index in [1.165, 1.54) is 11.1 Å². The van der Waals surface area contributed by atoms with Crippen molar-refractivity contribution in [3.05, 3.63) is 27.7 Å². The zero-order chi connectivity index (χ0) is 14.7. The summed E-state index contributed by atoms with van der Waals surface area (Å²) in [6, 6.07) is 4.58. The van der Waals surface area contributed by atoms with E-state index >= 15 is 0 Å². The molecule has 0 saturated heterocycles. The number of aryl methyl sites for hydroxylation is 2. The number of nitrogens with one attached hydrogen (secondary N) is 1. The summed E-state index contributed by atoms with van der Waals surface area (Å²) < 4.78 is 12.8. The van der Waals surface area contributed by atoms with Crippen LogP contribution in [-0.2, 0) is 4.74 Å². The molecular formula is C16H24BrNO2. The lowest BCUT2D eigenvalue weighted by Gasteiger charge is -2.43. The second-order valence-corrected chi connectivity index (χ2v) is 6.32. The molecule has 0 bridgehead atoms. The summed E-state index contributed by atoms with van der Waals surface area (Å²) in [7, 11) is 1.76. The zero-order valence-corrected chi connectivity index (χ0v) is 14.3. The second-order valence-electron chi connectivity index (χ2n) is 5.52. The molecule has 20 heavy (non-hydrogen) atoms. The fraction of sp³-hybridized carbons (Fsp3) is 0.625. The number of ether oxygens (including phenoxy) is 2. The third-order valence-electron chi connectivity index (χ3n) is 3.88. The third-order valence-corrected chi connectivity index (χ3v) is 5.13. The van der Waals surface area contributed by atoms with Crippen LogP contribution in [0, 0.1) is 13.8 Å². The van der Waals surface area contributed by atoms with Crippen molar-refractivity contribution in [2.75, 3.05) is 13.7 Å². The van der Waals surface area contributed by atoms with Crippen LogP contribution in [0.4, 0.5) is 0 Å². The number of hydrogen-bond donors (Lipinski definition) is 1. The largest absolute Gasteiger partial charge is 0.488 e. The summed E-state index contributed by atoms with van der Waals surface area (Å²) in [5, 5.41) is 3.50. The molecule has 1 aromatic carbocycles. The maximum atomic E-state index is 6.09. The predicted molar refractivity (Wildman–Crippen MR) is 85.5 cm³/mol. The highest BCUT2D eigenvalue weighted by Gasteiger charge is 2.42. The topological polar surface area (TPSA) is 30.5 Å². The van der Waals surface area contributed by atoms with E-state index in [4.69, 9.17) is 9.47 Å². The Morgan fingerprint density at radius 2 is 1.95 bits per heavy atom. The normalized spacial score (nSPS) is 25.4. The molecule has 3 atom stereocenters. The lowest BCUT2D eigenvalue weighted by molar-refractivity contribution is -0.0887. The molecule has 0 heterocycles. The van der Waals surface area contributed by atoms with Gasteiger partial charge in [-0.05, 0) is 50.1 Å². The molecule has 0 spiro atoms. The summed E-state index contributed by atoms with van der Waals surface area (Å²) in [6.45, 7) is 7.39. The molecule has 1 saturated carbocycles. The van der Waals surface area contributed by atoms with Crippen LogP contribution in [0.3, 0.4) is 0 Å². The SMILES string of the molecule is CCCNC1CC(Oc2cc(C)c(Br)c(C)c2)C1OC. The number of halogens is 1. The van der Waals surface area contributed by atoms with E-state index < -0.39 is 0 Å². The molecule has 0 aromatic heterocycles. The first kappa shape index (κ1) is 15.8. The highest BCUT2D eigenvalue weighted by Crippen LogP contribution is 2.32.